The number of fused-ring (bicyclic) bond motifs is 1. The van der Waals surface area contributed by atoms with E-state index in [-0.39, 0.29) is 11.9 Å². The van der Waals surface area contributed by atoms with Gasteiger partial charge in [-0.15, -0.1) is 0 Å². The molecule has 176 valence electrons. The van der Waals surface area contributed by atoms with Crippen LogP contribution >= 0.6 is 0 Å². The van der Waals surface area contributed by atoms with Crippen LogP contribution in [0.5, 0.6) is 5.75 Å². The molecular weight excluding hydrogens is 438 g/mol. The van der Waals surface area contributed by atoms with Crippen molar-refractivity contribution in [3.63, 3.8) is 0 Å². The van der Waals surface area contributed by atoms with Crippen LogP contribution in [0.25, 0.3) is 10.9 Å². The van der Waals surface area contributed by atoms with Crippen LogP contribution in [0.4, 0.5) is 11.6 Å². The van der Waals surface area contributed by atoms with E-state index in [2.05, 4.69) is 38.8 Å². The summed E-state index contributed by atoms with van der Waals surface area (Å²) in [5.74, 6) is 1.24. The third-order valence-corrected chi connectivity index (χ3v) is 7.28. The van der Waals surface area contributed by atoms with Crippen molar-refractivity contribution >= 4 is 32.6 Å². The summed E-state index contributed by atoms with van der Waals surface area (Å²) < 4.78 is 32.0. The van der Waals surface area contributed by atoms with E-state index < -0.39 is 10.0 Å². The van der Waals surface area contributed by atoms with Gasteiger partial charge in [0.2, 0.25) is 16.0 Å². The van der Waals surface area contributed by atoms with Gasteiger partial charge in [-0.3, -0.25) is 0 Å². The summed E-state index contributed by atoms with van der Waals surface area (Å²) in [6.07, 6.45) is 4.06. The number of hydrogen-bond donors (Lipinski definition) is 2. The smallest absolute Gasteiger partial charge is 0.227 e. The van der Waals surface area contributed by atoms with E-state index in [4.69, 9.17) is 4.74 Å². The second-order valence-electron chi connectivity index (χ2n) is 8.65. The Bertz CT molecular complexity index is 1190. The average Bonchev–Trinajstić information content (AvgIpc) is 2.80. The molecule has 0 amide bonds. The Balaban J connectivity index is 1.42. The Hall–Kier alpha value is -2.75. The van der Waals surface area contributed by atoms with Gasteiger partial charge in [-0.25, -0.2) is 23.1 Å². The molecule has 0 saturated carbocycles. The Morgan fingerprint density at radius 3 is 2.52 bits per heavy atom. The number of nitrogens with one attached hydrogen (secondary N) is 2. The lowest BCUT2D eigenvalue weighted by Crippen LogP contribution is -2.41. The first kappa shape index (κ1) is 23.4. The molecule has 2 N–H and O–H groups in total. The minimum absolute atomic E-state index is 0.0600. The summed E-state index contributed by atoms with van der Waals surface area (Å²) in [6, 6.07) is 13.7. The second-order valence-corrected chi connectivity index (χ2v) is 10.6. The van der Waals surface area contributed by atoms with Crippen molar-refractivity contribution in [2.75, 3.05) is 25.5 Å². The zero-order valence-corrected chi connectivity index (χ0v) is 20.1. The van der Waals surface area contributed by atoms with Crippen LogP contribution < -0.4 is 14.8 Å². The van der Waals surface area contributed by atoms with E-state index >= 15 is 0 Å². The highest BCUT2D eigenvalue weighted by molar-refractivity contribution is 7.88. The molecule has 0 unspecified atom stereocenters. The number of nitrogens with zero attached hydrogens (tertiary/aromatic N) is 3. The molecule has 9 heteroatoms. The number of benzene rings is 2. The van der Waals surface area contributed by atoms with Crippen LogP contribution in [0.2, 0.25) is 0 Å². The molecule has 1 saturated heterocycles. The monoisotopic (exact) mass is 469 g/mol. The molecule has 0 atom stereocenters. The summed E-state index contributed by atoms with van der Waals surface area (Å²) >= 11 is 0. The van der Waals surface area contributed by atoms with Gasteiger partial charge in [0.1, 0.15) is 11.9 Å². The van der Waals surface area contributed by atoms with E-state index in [0.29, 0.717) is 17.6 Å². The standard InChI is InChI=1S/C24H31N5O3S/c1-17(2)29-12-10-21(11-13-29)32-22-9-6-19-15-26-24(28-23(19)14-22)27-20-7-4-18(5-8-20)16-33(30,31)25-3/h4-9,14-15,17,21,25H,10-13,16H2,1-3H3,(H,26,27,28). The molecule has 0 bridgehead atoms. The summed E-state index contributed by atoms with van der Waals surface area (Å²) in [4.78, 5) is 11.5. The summed E-state index contributed by atoms with van der Waals surface area (Å²) in [7, 11) is -1.89. The molecule has 0 aliphatic carbocycles. The Labute approximate surface area is 195 Å². The third kappa shape index (κ3) is 6.19. The fourth-order valence-electron chi connectivity index (χ4n) is 3.94. The van der Waals surface area contributed by atoms with Gasteiger partial charge in [-0.2, -0.15) is 0 Å². The van der Waals surface area contributed by atoms with Crippen molar-refractivity contribution in [3.8, 4) is 5.75 Å². The highest BCUT2D eigenvalue weighted by atomic mass is 32.2. The molecule has 0 radical (unpaired) electrons. The number of sulfonamides is 1. The van der Waals surface area contributed by atoms with Crippen molar-refractivity contribution in [2.45, 2.75) is 44.6 Å². The van der Waals surface area contributed by atoms with Gasteiger partial charge in [0, 0.05) is 42.5 Å². The van der Waals surface area contributed by atoms with E-state index in [9.17, 15) is 8.42 Å². The molecule has 3 aromatic rings. The SMILES string of the molecule is CNS(=O)(=O)Cc1ccc(Nc2ncc3ccc(OC4CCN(C(C)C)CC4)cc3n2)cc1. The van der Waals surface area contributed by atoms with Crippen molar-refractivity contribution in [1.82, 2.24) is 19.6 Å². The van der Waals surface area contributed by atoms with Gasteiger partial charge in [0.05, 0.1) is 11.3 Å². The first-order valence-corrected chi connectivity index (χ1v) is 12.9. The van der Waals surface area contributed by atoms with Crippen molar-refractivity contribution < 1.29 is 13.2 Å². The molecule has 1 aromatic heterocycles. The first-order chi connectivity index (χ1) is 15.8. The number of anilines is 2. The number of hydrogen-bond acceptors (Lipinski definition) is 7. The average molecular weight is 470 g/mol. The van der Waals surface area contributed by atoms with E-state index in [1.54, 1.807) is 18.3 Å². The third-order valence-electron chi connectivity index (χ3n) is 5.94. The van der Waals surface area contributed by atoms with Crippen molar-refractivity contribution in [2.24, 2.45) is 0 Å². The lowest BCUT2D eigenvalue weighted by Gasteiger charge is -2.34. The maximum absolute atomic E-state index is 11.7. The van der Waals surface area contributed by atoms with E-state index in [1.165, 1.54) is 7.05 Å². The molecule has 1 fully saturated rings. The lowest BCUT2D eigenvalue weighted by atomic mass is 10.1. The number of aromatic nitrogens is 2. The first-order valence-electron chi connectivity index (χ1n) is 11.3. The van der Waals surface area contributed by atoms with Gasteiger partial charge in [-0.1, -0.05) is 12.1 Å². The fourth-order valence-corrected chi connectivity index (χ4v) is 4.72. The Kier molecular flexibility index (Phi) is 7.11. The molecule has 33 heavy (non-hydrogen) atoms. The highest BCUT2D eigenvalue weighted by Gasteiger charge is 2.22. The minimum Gasteiger partial charge on any atom is -0.490 e. The summed E-state index contributed by atoms with van der Waals surface area (Å²) in [5.41, 5.74) is 2.29. The zero-order chi connectivity index (χ0) is 23.4. The van der Waals surface area contributed by atoms with E-state index in [0.717, 1.165) is 48.3 Å². The van der Waals surface area contributed by atoms with Crippen LogP contribution in [0, 0.1) is 0 Å². The highest BCUT2D eigenvalue weighted by Crippen LogP contribution is 2.25. The van der Waals surface area contributed by atoms with Crippen LogP contribution in [0.1, 0.15) is 32.3 Å². The normalized spacial score (nSPS) is 15.8. The maximum Gasteiger partial charge on any atom is 0.227 e. The predicted molar refractivity (Wildman–Crippen MR) is 131 cm³/mol. The van der Waals surface area contributed by atoms with Crippen LogP contribution in [-0.2, 0) is 15.8 Å². The minimum atomic E-state index is -3.30. The number of ether oxygens (including phenoxy) is 1. The fraction of sp³-hybridized carbons (Fsp3) is 0.417. The molecule has 0 spiro atoms. The van der Waals surface area contributed by atoms with Gasteiger partial charge in [-0.05, 0) is 63.6 Å². The van der Waals surface area contributed by atoms with Crippen LogP contribution in [0.3, 0.4) is 0 Å². The molecule has 2 aromatic carbocycles. The van der Waals surface area contributed by atoms with Crippen LogP contribution in [0.15, 0.2) is 48.7 Å². The maximum atomic E-state index is 11.7. The van der Waals surface area contributed by atoms with Crippen molar-refractivity contribution in [3.05, 3.63) is 54.2 Å². The predicted octanol–water partition coefficient (Wildman–Crippen LogP) is 3.67. The van der Waals surface area contributed by atoms with Gasteiger partial charge in [0.25, 0.3) is 0 Å². The molecule has 2 heterocycles. The molecular formula is C24H31N5O3S. The zero-order valence-electron chi connectivity index (χ0n) is 19.3. The van der Waals surface area contributed by atoms with Gasteiger partial charge < -0.3 is 15.0 Å². The molecule has 4 rings (SSSR count). The number of rotatable bonds is 8. The molecule has 1 aliphatic heterocycles. The number of piperidine rings is 1. The van der Waals surface area contributed by atoms with E-state index in [1.807, 2.05) is 30.3 Å². The lowest BCUT2D eigenvalue weighted by molar-refractivity contribution is 0.0844. The van der Waals surface area contributed by atoms with Crippen molar-refractivity contribution in [1.29, 1.82) is 0 Å². The second kappa shape index (κ2) is 10.0. The Morgan fingerprint density at radius 1 is 1.12 bits per heavy atom. The number of likely N-dealkylation sites (tertiary alicyclic amines) is 1. The largest absolute Gasteiger partial charge is 0.490 e. The van der Waals surface area contributed by atoms with Gasteiger partial charge in [0.15, 0.2) is 0 Å². The molecule has 1 aliphatic rings. The topological polar surface area (TPSA) is 96.5 Å². The quantitative estimate of drug-likeness (QED) is 0.520. The summed E-state index contributed by atoms with van der Waals surface area (Å²) in [5, 5.41) is 4.12. The molecule has 8 nitrogen and oxygen atoms in total. The summed E-state index contributed by atoms with van der Waals surface area (Å²) in [6.45, 7) is 6.59. The van der Waals surface area contributed by atoms with Crippen LogP contribution in [-0.4, -0.2) is 55.6 Å². The van der Waals surface area contributed by atoms with Gasteiger partial charge >= 0.3 is 0 Å². The Morgan fingerprint density at radius 2 is 1.85 bits per heavy atom.